The lowest BCUT2D eigenvalue weighted by molar-refractivity contribution is -0.116. The number of aryl methyl sites for hydroxylation is 2. The Balaban J connectivity index is 0.000000217. The van der Waals surface area contributed by atoms with Crippen molar-refractivity contribution in [2.45, 2.75) is 50.5 Å². The molecule has 0 spiro atoms. The zero-order valence-corrected chi connectivity index (χ0v) is 34.7. The molecule has 0 unspecified atom stereocenters. The maximum Gasteiger partial charge on any atom is 0.201 e. The van der Waals surface area contributed by atoms with Gasteiger partial charge in [-0.15, -0.1) is 47.7 Å². The molecule has 0 bridgehead atoms. The van der Waals surface area contributed by atoms with Crippen molar-refractivity contribution in [2.24, 2.45) is 11.8 Å². The maximum absolute atomic E-state index is 13.1. The third-order valence-electron chi connectivity index (χ3n) is 7.99. The number of pyridine rings is 2. The van der Waals surface area contributed by atoms with Gasteiger partial charge in [0.1, 0.15) is 48.3 Å². The molecule has 0 radical (unpaired) electrons. The van der Waals surface area contributed by atoms with Crippen LogP contribution in [-0.4, -0.2) is 80.8 Å². The minimum absolute atomic E-state index is 0. The molecule has 20 heteroatoms. The van der Waals surface area contributed by atoms with Crippen molar-refractivity contribution in [3.63, 3.8) is 0 Å². The first-order valence-corrected chi connectivity index (χ1v) is 20.3. The molecule has 0 aromatic carbocycles. The third kappa shape index (κ3) is 10.2. The second kappa shape index (κ2) is 19.7. The summed E-state index contributed by atoms with van der Waals surface area (Å²) in [6.07, 6.45) is 15.5. The standard InChI is InChI=1S/C17H18N4O2S2.C16H15N5O2S.ClH.H2INO/c1-10-12(6-7-13(20-10)21-9-18-8-19-21)16(23)14(17(24-2)25-3)15(22)11-4-5-11;1-9-11(5-6-12(19-9)21-8-17-7-18-21)14(22)13-15(10-3-4-10)23-20-16(13)24-2;;1-3-2/h6-9,11H,4-5H2,1-3H3;5-8,10H,3-4H2,1-2H3;1H;2H2. The van der Waals surface area contributed by atoms with E-state index in [0.717, 1.165) is 29.9 Å². The van der Waals surface area contributed by atoms with Crippen LogP contribution in [0.1, 0.15) is 75.0 Å². The molecule has 5 aromatic heterocycles. The van der Waals surface area contributed by atoms with Crippen LogP contribution >= 0.6 is 70.7 Å². The molecule has 2 aliphatic rings. The highest BCUT2D eigenvalue weighted by atomic mass is 127. The molecule has 2 saturated carbocycles. The van der Waals surface area contributed by atoms with E-state index in [-0.39, 0.29) is 35.7 Å². The summed E-state index contributed by atoms with van der Waals surface area (Å²) in [6, 6.07) is 6.96. The molecule has 0 saturated heterocycles. The average Bonchev–Trinajstić information content (AvgIpc) is 3.99. The predicted molar refractivity (Wildman–Crippen MR) is 214 cm³/mol. The van der Waals surface area contributed by atoms with E-state index < -0.39 is 0 Å². The van der Waals surface area contributed by atoms with Gasteiger partial charge in [-0.25, -0.2) is 38.4 Å². The van der Waals surface area contributed by atoms with Gasteiger partial charge in [0, 0.05) is 23.0 Å². The molecular weight excluding hydrogens is 875 g/mol. The quantitative estimate of drug-likeness (QED) is 0.0270. The van der Waals surface area contributed by atoms with Crippen molar-refractivity contribution >= 4 is 88.0 Å². The van der Waals surface area contributed by atoms with Crippen molar-refractivity contribution < 1.29 is 22.1 Å². The second-order valence-corrected chi connectivity index (χ2v) is 14.6. The summed E-state index contributed by atoms with van der Waals surface area (Å²) < 4.78 is 13.0. The fourth-order valence-electron chi connectivity index (χ4n) is 5.16. The Hall–Kier alpha value is -3.47. The van der Waals surface area contributed by atoms with Gasteiger partial charge >= 0.3 is 0 Å². The van der Waals surface area contributed by atoms with Gasteiger partial charge in [0.2, 0.25) is 5.78 Å². The number of Topliss-reactive ketones (excluding diaryl/α,β-unsaturated/α-hetero) is 2. The first-order chi connectivity index (χ1) is 25.2. The van der Waals surface area contributed by atoms with Crippen molar-refractivity contribution in [3.05, 3.63) is 93.2 Å². The number of hydrogen-bond acceptors (Lipinski definition) is 16. The topological polar surface area (TPSA) is 200 Å². The number of nitrogens with zero attached hydrogens (tertiary/aromatic N) is 9. The van der Waals surface area contributed by atoms with Crippen LogP contribution in [0.2, 0.25) is 0 Å². The first kappa shape index (κ1) is 42.3. The van der Waals surface area contributed by atoms with E-state index in [2.05, 4.69) is 44.4 Å². The maximum atomic E-state index is 13.1. The highest BCUT2D eigenvalue weighted by Gasteiger charge is 2.37. The lowest BCUT2D eigenvalue weighted by atomic mass is 9.98. The van der Waals surface area contributed by atoms with Crippen molar-refractivity contribution in [1.29, 1.82) is 0 Å². The number of ketones is 3. The Morgan fingerprint density at radius 3 is 1.81 bits per heavy atom. The fraction of sp³-hybridized carbons (Fsp3) is 0.333. The van der Waals surface area contributed by atoms with Crippen LogP contribution in [0.25, 0.3) is 11.6 Å². The summed E-state index contributed by atoms with van der Waals surface area (Å²) >= 11 is 5.87. The predicted octanol–water partition coefficient (Wildman–Crippen LogP) is 6.51. The molecule has 0 amide bonds. The number of allylic oxidation sites excluding steroid dienone is 1. The second-order valence-electron chi connectivity index (χ2n) is 11.4. The van der Waals surface area contributed by atoms with Gasteiger partial charge in [0.15, 0.2) is 34.0 Å². The molecule has 7 rings (SSSR count). The summed E-state index contributed by atoms with van der Waals surface area (Å²) in [5.74, 6) is 6.20. The van der Waals surface area contributed by atoms with Crippen LogP contribution in [0.4, 0.5) is 0 Å². The van der Waals surface area contributed by atoms with Crippen LogP contribution < -0.4 is 5.90 Å². The molecule has 2 N–H and O–H groups in total. The van der Waals surface area contributed by atoms with E-state index in [1.807, 2.05) is 25.7 Å². The van der Waals surface area contributed by atoms with Crippen molar-refractivity contribution in [1.82, 2.24) is 44.7 Å². The van der Waals surface area contributed by atoms with Crippen LogP contribution in [-0.2, 0) is 7.96 Å². The van der Waals surface area contributed by atoms with E-state index in [1.165, 1.54) is 52.6 Å². The molecule has 5 heterocycles. The lowest BCUT2D eigenvalue weighted by Gasteiger charge is -2.12. The van der Waals surface area contributed by atoms with Gasteiger partial charge in [0.05, 0.1) is 26.8 Å². The Morgan fingerprint density at radius 2 is 1.40 bits per heavy atom. The average molecular weight is 911 g/mol. The Morgan fingerprint density at radius 1 is 0.868 bits per heavy atom. The highest BCUT2D eigenvalue weighted by molar-refractivity contribution is 14.1. The van der Waals surface area contributed by atoms with Crippen LogP contribution in [0.5, 0.6) is 0 Å². The number of nitrogens with two attached hydrogens (primary N) is 1. The van der Waals surface area contributed by atoms with Crippen LogP contribution in [0.15, 0.2) is 68.9 Å². The van der Waals surface area contributed by atoms with Gasteiger partial charge < -0.3 is 4.52 Å². The molecule has 5 aromatic rings. The van der Waals surface area contributed by atoms with Gasteiger partial charge in [0.25, 0.3) is 0 Å². The third-order valence-corrected chi connectivity index (χ3v) is 10.8. The zero-order chi connectivity index (χ0) is 37.4. The monoisotopic (exact) mass is 910 g/mol. The summed E-state index contributed by atoms with van der Waals surface area (Å²) in [5, 5.41) is 12.8. The van der Waals surface area contributed by atoms with Gasteiger partial charge in [-0.1, -0.05) is 5.16 Å². The van der Waals surface area contributed by atoms with Gasteiger partial charge in [-0.05, 0) is 82.6 Å². The molecular formula is C33H36ClIN10O5S3. The summed E-state index contributed by atoms with van der Waals surface area (Å²) in [7, 11) is 0. The van der Waals surface area contributed by atoms with E-state index in [9.17, 15) is 14.4 Å². The fourth-order valence-corrected chi connectivity index (χ4v) is 7.13. The van der Waals surface area contributed by atoms with E-state index in [0.29, 0.717) is 62.0 Å². The number of carbonyl (C=O) groups excluding carboxylic acids is 3. The van der Waals surface area contributed by atoms with E-state index in [4.69, 9.17) is 4.52 Å². The number of carbonyl (C=O) groups is 3. The zero-order valence-electron chi connectivity index (χ0n) is 29.3. The molecule has 0 aliphatic heterocycles. The Kier molecular flexibility index (Phi) is 15.7. The number of thioether (sulfide) groups is 3. The molecule has 2 fully saturated rings. The molecule has 15 nitrogen and oxygen atoms in total. The number of aromatic nitrogens is 9. The minimum atomic E-state index is -0.245. The minimum Gasteiger partial charge on any atom is -0.359 e. The molecule has 53 heavy (non-hydrogen) atoms. The van der Waals surface area contributed by atoms with E-state index in [1.54, 1.807) is 71.5 Å². The number of halogens is 2. The summed E-state index contributed by atoms with van der Waals surface area (Å²) in [4.78, 5) is 55.6. The molecule has 0 atom stereocenters. The first-order valence-electron chi connectivity index (χ1n) is 15.8. The summed E-state index contributed by atoms with van der Waals surface area (Å²) in [5.41, 5.74) is 3.11. The normalized spacial score (nSPS) is 13.1. The Labute approximate surface area is 338 Å². The summed E-state index contributed by atoms with van der Waals surface area (Å²) in [6.45, 7) is 3.58. The number of hydrogen-bond donors (Lipinski definition) is 1. The SMILES string of the molecule is CSC(SC)=C(C(=O)c1ccc(-n2cncn2)nc1C)C(=O)C1CC1.CSc1noc(C2CC2)c1C(=O)c1ccc(-n2cncn2)nc1C.Cl.NOI. The van der Waals surface area contributed by atoms with Crippen LogP contribution in [0, 0.1) is 19.8 Å². The largest absolute Gasteiger partial charge is 0.359 e. The van der Waals surface area contributed by atoms with Crippen LogP contribution in [0.3, 0.4) is 0 Å². The van der Waals surface area contributed by atoms with Gasteiger partial charge in [-0.2, -0.15) is 10.2 Å². The van der Waals surface area contributed by atoms with E-state index >= 15 is 0 Å². The molecule has 2 aliphatic carbocycles. The molecule has 280 valence electrons. The smallest absolute Gasteiger partial charge is 0.201 e. The Bertz CT molecular complexity index is 2070. The van der Waals surface area contributed by atoms with Crippen molar-refractivity contribution in [3.8, 4) is 11.6 Å². The van der Waals surface area contributed by atoms with Crippen molar-refractivity contribution in [2.75, 3.05) is 18.8 Å². The highest BCUT2D eigenvalue weighted by Crippen LogP contribution is 2.44. The number of rotatable bonds is 12. The lowest BCUT2D eigenvalue weighted by Crippen LogP contribution is -2.18. The van der Waals surface area contributed by atoms with Gasteiger partial charge in [-0.3, -0.25) is 14.4 Å².